The molecule has 172 valence electrons. The van der Waals surface area contributed by atoms with Crippen molar-refractivity contribution in [2.75, 3.05) is 13.2 Å². The average molecular weight is 437 g/mol. The smallest absolute Gasteiger partial charge is 0.297 e. The SMILES string of the molecule is CC(=O)NC(C)CO.Cn1c(OC2CCCCC2)nc2cnc(OCC3CC3)c(F)c21. The molecule has 2 aliphatic carbocycles. The Morgan fingerprint density at radius 3 is 2.61 bits per heavy atom. The summed E-state index contributed by atoms with van der Waals surface area (Å²) in [6, 6.07) is 0.347. The molecular formula is C22H33FN4O4. The molecule has 1 amide bonds. The highest BCUT2D eigenvalue weighted by Gasteiger charge is 2.25. The van der Waals surface area contributed by atoms with Crippen molar-refractivity contribution in [2.45, 2.75) is 70.9 Å². The van der Waals surface area contributed by atoms with Crippen LogP contribution >= 0.6 is 0 Å². The van der Waals surface area contributed by atoms with Crippen molar-refractivity contribution in [3.8, 4) is 11.9 Å². The molecule has 0 radical (unpaired) electrons. The number of ether oxygens (including phenoxy) is 2. The molecule has 0 bridgehead atoms. The first-order valence-electron chi connectivity index (χ1n) is 11.1. The number of halogens is 1. The predicted octanol–water partition coefficient (Wildman–Crippen LogP) is 3.11. The van der Waals surface area contributed by atoms with Gasteiger partial charge < -0.3 is 19.9 Å². The van der Waals surface area contributed by atoms with E-state index in [2.05, 4.69) is 15.3 Å². The number of aliphatic hydroxyl groups is 1. The number of carbonyl (C=O) groups is 1. The van der Waals surface area contributed by atoms with Gasteiger partial charge in [-0.05, 0) is 51.4 Å². The number of carbonyl (C=O) groups excluding carboxylic acids is 1. The number of nitrogens with one attached hydrogen (secondary N) is 1. The van der Waals surface area contributed by atoms with Crippen molar-refractivity contribution >= 4 is 16.9 Å². The molecule has 0 aliphatic heterocycles. The lowest BCUT2D eigenvalue weighted by molar-refractivity contribution is -0.119. The zero-order valence-electron chi connectivity index (χ0n) is 18.6. The second-order valence-electron chi connectivity index (χ2n) is 8.48. The molecule has 2 N–H and O–H groups in total. The molecule has 2 aliphatic rings. The van der Waals surface area contributed by atoms with Crippen molar-refractivity contribution in [2.24, 2.45) is 13.0 Å². The zero-order chi connectivity index (χ0) is 22.4. The zero-order valence-corrected chi connectivity index (χ0v) is 18.6. The average Bonchev–Trinajstić information content (AvgIpc) is 3.52. The Morgan fingerprint density at radius 2 is 2.03 bits per heavy atom. The second-order valence-corrected chi connectivity index (χ2v) is 8.48. The molecule has 2 aromatic heterocycles. The van der Waals surface area contributed by atoms with E-state index in [1.54, 1.807) is 24.7 Å². The molecule has 4 rings (SSSR count). The molecule has 31 heavy (non-hydrogen) atoms. The number of hydrogen-bond donors (Lipinski definition) is 2. The molecule has 2 heterocycles. The molecule has 2 saturated carbocycles. The summed E-state index contributed by atoms with van der Waals surface area (Å²) in [5.74, 6) is 0.0726. The molecule has 9 heteroatoms. The number of pyridine rings is 1. The summed E-state index contributed by atoms with van der Waals surface area (Å²) in [4.78, 5) is 18.7. The van der Waals surface area contributed by atoms with E-state index < -0.39 is 5.82 Å². The highest BCUT2D eigenvalue weighted by molar-refractivity contribution is 5.77. The van der Waals surface area contributed by atoms with Crippen LogP contribution in [0.2, 0.25) is 0 Å². The number of hydrogen-bond acceptors (Lipinski definition) is 6. The Hall–Kier alpha value is -2.42. The van der Waals surface area contributed by atoms with Crippen molar-refractivity contribution < 1.29 is 23.8 Å². The largest absolute Gasteiger partial charge is 0.475 e. The summed E-state index contributed by atoms with van der Waals surface area (Å²) in [6.45, 7) is 3.70. The van der Waals surface area contributed by atoms with Gasteiger partial charge in [0.2, 0.25) is 11.7 Å². The highest BCUT2D eigenvalue weighted by atomic mass is 19.1. The first-order chi connectivity index (χ1) is 14.9. The summed E-state index contributed by atoms with van der Waals surface area (Å²) in [7, 11) is 1.78. The Bertz CT molecular complexity index is 878. The third-order valence-electron chi connectivity index (χ3n) is 5.48. The van der Waals surface area contributed by atoms with Crippen LogP contribution in [0.1, 0.15) is 58.8 Å². The topological polar surface area (TPSA) is 98.5 Å². The van der Waals surface area contributed by atoms with E-state index in [4.69, 9.17) is 14.6 Å². The van der Waals surface area contributed by atoms with E-state index in [0.717, 1.165) is 25.7 Å². The van der Waals surface area contributed by atoms with Crippen LogP contribution in [0.5, 0.6) is 11.9 Å². The van der Waals surface area contributed by atoms with E-state index >= 15 is 0 Å². The first-order valence-corrected chi connectivity index (χ1v) is 11.1. The molecule has 8 nitrogen and oxygen atoms in total. The van der Waals surface area contributed by atoms with Gasteiger partial charge in [-0.15, -0.1) is 0 Å². The maximum Gasteiger partial charge on any atom is 0.297 e. The standard InChI is InChI=1S/C17H22FN3O2.C5H11NO2/c1-21-15-13(20-17(21)23-12-5-3-2-4-6-12)9-19-16(14(15)18)22-10-11-7-8-11;1-4(3-7)6-5(2)8/h9,11-12H,2-8,10H2,1H3;4,7H,3H2,1-2H3,(H,6,8). The van der Waals surface area contributed by atoms with Gasteiger partial charge in [0.25, 0.3) is 11.9 Å². The number of aromatic nitrogens is 3. The fraction of sp³-hybridized carbons (Fsp3) is 0.682. The Balaban J connectivity index is 0.000000293. The van der Waals surface area contributed by atoms with Gasteiger partial charge in [0.15, 0.2) is 0 Å². The van der Waals surface area contributed by atoms with Gasteiger partial charge in [0.1, 0.15) is 17.1 Å². The second kappa shape index (κ2) is 10.7. The highest BCUT2D eigenvalue weighted by Crippen LogP contribution is 2.32. The molecule has 1 atom stereocenters. The maximum absolute atomic E-state index is 14.7. The summed E-state index contributed by atoms with van der Waals surface area (Å²) in [5.41, 5.74) is 0.909. The molecular weight excluding hydrogens is 403 g/mol. The lowest BCUT2D eigenvalue weighted by Crippen LogP contribution is -2.32. The van der Waals surface area contributed by atoms with Crippen LogP contribution in [0.15, 0.2) is 6.20 Å². The van der Waals surface area contributed by atoms with Gasteiger partial charge in [0, 0.05) is 20.0 Å². The number of aliphatic hydroxyl groups excluding tert-OH is 1. The Kier molecular flexibility index (Phi) is 8.06. The minimum absolute atomic E-state index is 0.000417. The normalized spacial score (nSPS) is 17.6. The van der Waals surface area contributed by atoms with E-state index in [0.29, 0.717) is 29.6 Å². The molecule has 0 spiro atoms. The lowest BCUT2D eigenvalue weighted by Gasteiger charge is -2.22. The third-order valence-corrected chi connectivity index (χ3v) is 5.48. The van der Waals surface area contributed by atoms with E-state index in [9.17, 15) is 9.18 Å². The number of fused-ring (bicyclic) bond motifs is 1. The molecule has 2 aromatic rings. The van der Waals surface area contributed by atoms with Crippen molar-refractivity contribution in [1.82, 2.24) is 19.9 Å². The van der Waals surface area contributed by atoms with Crippen molar-refractivity contribution in [3.63, 3.8) is 0 Å². The molecule has 0 saturated heterocycles. The van der Waals surface area contributed by atoms with Gasteiger partial charge in [-0.3, -0.25) is 9.36 Å². The predicted molar refractivity (Wildman–Crippen MR) is 115 cm³/mol. The molecule has 2 fully saturated rings. The minimum Gasteiger partial charge on any atom is -0.475 e. The number of amides is 1. The Labute approximate surface area is 182 Å². The number of imidazole rings is 1. The van der Waals surface area contributed by atoms with Gasteiger partial charge in [0.05, 0.1) is 19.4 Å². The van der Waals surface area contributed by atoms with Crippen LogP contribution in [0, 0.1) is 11.7 Å². The summed E-state index contributed by atoms with van der Waals surface area (Å²) in [5, 5.41) is 10.9. The minimum atomic E-state index is -0.448. The molecule has 0 aromatic carbocycles. The fourth-order valence-electron chi connectivity index (χ4n) is 3.54. The van der Waals surface area contributed by atoms with Crippen LogP contribution in [0.3, 0.4) is 0 Å². The van der Waals surface area contributed by atoms with Crippen LogP contribution in [0.4, 0.5) is 4.39 Å². The number of nitrogens with zero attached hydrogens (tertiary/aromatic N) is 3. The third kappa shape index (κ3) is 6.53. The summed E-state index contributed by atoms with van der Waals surface area (Å²) < 4.78 is 27.9. The van der Waals surface area contributed by atoms with Crippen molar-refractivity contribution in [1.29, 1.82) is 0 Å². The van der Waals surface area contributed by atoms with Crippen LogP contribution in [-0.2, 0) is 11.8 Å². The van der Waals surface area contributed by atoms with Gasteiger partial charge in [-0.25, -0.2) is 4.98 Å². The van der Waals surface area contributed by atoms with Gasteiger partial charge in [-0.1, -0.05) is 6.42 Å². The molecule has 1 unspecified atom stereocenters. The fourth-order valence-corrected chi connectivity index (χ4v) is 3.54. The quantitative estimate of drug-likeness (QED) is 0.692. The van der Waals surface area contributed by atoms with E-state index in [-0.39, 0.29) is 30.5 Å². The van der Waals surface area contributed by atoms with Crippen LogP contribution in [-0.4, -0.2) is 50.9 Å². The summed E-state index contributed by atoms with van der Waals surface area (Å²) in [6.07, 6.45) is 9.79. The van der Waals surface area contributed by atoms with Gasteiger partial charge >= 0.3 is 0 Å². The van der Waals surface area contributed by atoms with Gasteiger partial charge in [-0.2, -0.15) is 9.37 Å². The monoisotopic (exact) mass is 436 g/mol. The lowest BCUT2D eigenvalue weighted by atomic mass is 9.98. The Morgan fingerprint density at radius 1 is 1.32 bits per heavy atom. The van der Waals surface area contributed by atoms with Crippen LogP contribution < -0.4 is 14.8 Å². The van der Waals surface area contributed by atoms with Crippen molar-refractivity contribution in [3.05, 3.63) is 12.0 Å². The van der Waals surface area contributed by atoms with E-state index in [1.165, 1.54) is 26.2 Å². The maximum atomic E-state index is 14.7. The first kappa shape index (κ1) is 23.2. The van der Waals surface area contributed by atoms with E-state index in [1.807, 2.05) is 0 Å². The number of rotatable bonds is 7. The summed E-state index contributed by atoms with van der Waals surface area (Å²) >= 11 is 0. The van der Waals surface area contributed by atoms with Crippen LogP contribution in [0.25, 0.3) is 11.0 Å². The number of aryl methyl sites for hydroxylation is 1.